The second-order valence-electron chi connectivity index (χ2n) is 5.38. The van der Waals surface area contributed by atoms with E-state index in [-0.39, 0.29) is 5.91 Å². The van der Waals surface area contributed by atoms with E-state index < -0.39 is 0 Å². The minimum Gasteiger partial charge on any atom is -0.411 e. The molecule has 0 spiro atoms. The van der Waals surface area contributed by atoms with Crippen molar-refractivity contribution in [2.75, 3.05) is 0 Å². The molecule has 0 aromatic heterocycles. The van der Waals surface area contributed by atoms with Crippen molar-refractivity contribution < 1.29 is 15.2 Å². The van der Waals surface area contributed by atoms with Gasteiger partial charge in [0.15, 0.2) is 0 Å². The molecule has 1 amide bonds. The fraction of sp³-hybridized carbons (Fsp3) is 0.857. The van der Waals surface area contributed by atoms with Gasteiger partial charge in [0.2, 0.25) is 5.91 Å². The van der Waals surface area contributed by atoms with Crippen molar-refractivity contribution in [3.8, 4) is 0 Å². The lowest BCUT2D eigenvalue weighted by atomic mass is 9.84. The molecule has 1 aliphatic rings. The Morgan fingerprint density at radius 1 is 1.05 bits per heavy atom. The Morgan fingerprint density at radius 2 is 1.68 bits per heavy atom. The van der Waals surface area contributed by atoms with Crippen LogP contribution in [0.3, 0.4) is 0 Å². The molecule has 0 aromatic carbocycles. The second kappa shape index (κ2) is 9.78. The molecule has 1 fully saturated rings. The molecule has 0 atom stereocenters. The molecule has 1 saturated carbocycles. The Bertz CT molecular complexity index is 286. The molecule has 0 unspecified atom stereocenters. The largest absolute Gasteiger partial charge is 0.411 e. The van der Waals surface area contributed by atoms with Crippen molar-refractivity contribution in [2.45, 2.75) is 70.6 Å². The summed E-state index contributed by atoms with van der Waals surface area (Å²) in [6.45, 7) is 0. The van der Waals surface area contributed by atoms with Gasteiger partial charge in [0.1, 0.15) is 0 Å². The van der Waals surface area contributed by atoms with E-state index in [9.17, 15) is 4.79 Å². The van der Waals surface area contributed by atoms with Crippen molar-refractivity contribution in [1.82, 2.24) is 5.48 Å². The highest BCUT2D eigenvalue weighted by Crippen LogP contribution is 2.26. The Kier molecular flexibility index (Phi) is 8.21. The summed E-state index contributed by atoms with van der Waals surface area (Å²) >= 11 is 0. The van der Waals surface area contributed by atoms with Crippen molar-refractivity contribution >= 4 is 11.6 Å². The summed E-state index contributed by atoms with van der Waals surface area (Å²) in [5, 5.41) is 20.9. The van der Waals surface area contributed by atoms with Crippen LogP contribution in [0, 0.1) is 5.92 Å². The molecule has 0 bridgehead atoms. The summed E-state index contributed by atoms with van der Waals surface area (Å²) in [4.78, 5) is 10.8. The van der Waals surface area contributed by atoms with Gasteiger partial charge in [0.05, 0.1) is 5.71 Å². The number of oxime groups is 1. The van der Waals surface area contributed by atoms with Gasteiger partial charge in [-0.1, -0.05) is 37.3 Å². The number of carbonyl (C=O) groups is 1. The average Bonchev–Trinajstić information content (AvgIpc) is 2.47. The topological polar surface area (TPSA) is 81.9 Å². The summed E-state index contributed by atoms with van der Waals surface area (Å²) in [5.41, 5.74) is 2.60. The third kappa shape index (κ3) is 6.57. The van der Waals surface area contributed by atoms with Gasteiger partial charge in [0, 0.05) is 12.3 Å². The molecule has 0 aromatic rings. The van der Waals surface area contributed by atoms with Gasteiger partial charge in [0.25, 0.3) is 0 Å². The molecular formula is C14H26N2O3. The number of hydrogen-bond donors (Lipinski definition) is 3. The minimum atomic E-state index is -0.320. The highest BCUT2D eigenvalue weighted by Gasteiger charge is 2.19. The zero-order chi connectivity index (χ0) is 13.9. The molecule has 0 saturated heterocycles. The number of hydrogen-bond acceptors (Lipinski definition) is 4. The number of nitrogens with zero attached hydrogens (tertiary/aromatic N) is 1. The molecular weight excluding hydrogens is 244 g/mol. The molecule has 110 valence electrons. The van der Waals surface area contributed by atoms with E-state index in [2.05, 4.69) is 5.16 Å². The molecule has 5 heteroatoms. The zero-order valence-corrected chi connectivity index (χ0v) is 11.6. The van der Waals surface area contributed by atoms with Crippen LogP contribution in [0.15, 0.2) is 5.16 Å². The highest BCUT2D eigenvalue weighted by molar-refractivity contribution is 5.86. The van der Waals surface area contributed by atoms with Crippen LogP contribution in [-0.4, -0.2) is 22.0 Å². The van der Waals surface area contributed by atoms with E-state index in [0.717, 1.165) is 50.7 Å². The second-order valence-corrected chi connectivity index (χ2v) is 5.38. The maximum absolute atomic E-state index is 10.8. The van der Waals surface area contributed by atoms with Crippen LogP contribution in [-0.2, 0) is 4.79 Å². The first-order chi connectivity index (χ1) is 9.27. The van der Waals surface area contributed by atoms with Crippen LogP contribution < -0.4 is 5.48 Å². The van der Waals surface area contributed by atoms with Crippen molar-refractivity contribution in [3.63, 3.8) is 0 Å². The van der Waals surface area contributed by atoms with E-state index >= 15 is 0 Å². The van der Waals surface area contributed by atoms with Gasteiger partial charge < -0.3 is 5.21 Å². The molecule has 19 heavy (non-hydrogen) atoms. The molecule has 0 aliphatic heterocycles. The summed E-state index contributed by atoms with van der Waals surface area (Å²) < 4.78 is 0. The summed E-state index contributed by atoms with van der Waals surface area (Å²) in [7, 11) is 0. The molecule has 3 N–H and O–H groups in total. The Morgan fingerprint density at radius 3 is 2.26 bits per heavy atom. The van der Waals surface area contributed by atoms with Crippen LogP contribution >= 0.6 is 0 Å². The third-order valence-electron chi connectivity index (χ3n) is 3.92. The maximum Gasteiger partial charge on any atom is 0.243 e. The third-order valence-corrected chi connectivity index (χ3v) is 3.92. The SMILES string of the molecule is O=C(CCCCCC/C(=N\O)C1CCCCC1)NO. The lowest BCUT2D eigenvalue weighted by Crippen LogP contribution is -2.18. The van der Waals surface area contributed by atoms with E-state index in [1.807, 2.05) is 0 Å². The first-order valence-electron chi connectivity index (χ1n) is 7.41. The van der Waals surface area contributed by atoms with E-state index in [1.165, 1.54) is 19.3 Å². The average molecular weight is 270 g/mol. The Hall–Kier alpha value is -1.10. The number of hydroxylamine groups is 1. The standard InChI is InChI=1S/C14H26N2O3/c17-14(16-19)11-7-2-1-6-10-13(15-18)12-8-4-3-5-9-12/h12,18-19H,1-11H2,(H,16,17)/b15-13+. The van der Waals surface area contributed by atoms with Crippen LogP contribution in [0.2, 0.25) is 0 Å². The fourth-order valence-electron chi connectivity index (χ4n) is 2.77. The quantitative estimate of drug-likeness (QED) is 0.208. The van der Waals surface area contributed by atoms with Gasteiger partial charge in [-0.25, -0.2) is 5.48 Å². The van der Waals surface area contributed by atoms with Crippen LogP contribution in [0.25, 0.3) is 0 Å². The number of amides is 1. The predicted molar refractivity (Wildman–Crippen MR) is 73.4 cm³/mol. The highest BCUT2D eigenvalue weighted by atomic mass is 16.5. The molecule has 1 aliphatic carbocycles. The molecule has 5 nitrogen and oxygen atoms in total. The first-order valence-corrected chi connectivity index (χ1v) is 7.41. The van der Waals surface area contributed by atoms with Gasteiger partial charge in [-0.3, -0.25) is 10.0 Å². The summed E-state index contributed by atoms with van der Waals surface area (Å²) in [5.74, 6) is 0.165. The molecule has 1 rings (SSSR count). The minimum absolute atomic E-state index is 0.320. The van der Waals surface area contributed by atoms with Gasteiger partial charge in [-0.15, -0.1) is 0 Å². The van der Waals surface area contributed by atoms with Crippen molar-refractivity contribution in [3.05, 3.63) is 0 Å². The first kappa shape index (κ1) is 16.0. The summed E-state index contributed by atoms with van der Waals surface area (Å²) in [6, 6.07) is 0. The lowest BCUT2D eigenvalue weighted by molar-refractivity contribution is -0.129. The molecule has 0 radical (unpaired) electrons. The smallest absolute Gasteiger partial charge is 0.243 e. The number of unbranched alkanes of at least 4 members (excludes halogenated alkanes) is 3. The number of carbonyl (C=O) groups excluding carboxylic acids is 1. The van der Waals surface area contributed by atoms with Crippen molar-refractivity contribution in [2.24, 2.45) is 11.1 Å². The van der Waals surface area contributed by atoms with Gasteiger partial charge in [-0.2, -0.15) is 0 Å². The van der Waals surface area contributed by atoms with Crippen LogP contribution in [0.5, 0.6) is 0 Å². The van der Waals surface area contributed by atoms with Crippen LogP contribution in [0.4, 0.5) is 0 Å². The Labute approximate surface area is 115 Å². The predicted octanol–water partition coefficient (Wildman–Crippen LogP) is 3.24. The van der Waals surface area contributed by atoms with Gasteiger partial charge in [-0.05, 0) is 32.1 Å². The van der Waals surface area contributed by atoms with E-state index in [4.69, 9.17) is 10.4 Å². The lowest BCUT2D eigenvalue weighted by Gasteiger charge is -2.22. The number of rotatable bonds is 8. The fourth-order valence-corrected chi connectivity index (χ4v) is 2.77. The molecule has 0 heterocycles. The van der Waals surface area contributed by atoms with E-state index in [1.54, 1.807) is 5.48 Å². The van der Waals surface area contributed by atoms with Gasteiger partial charge >= 0.3 is 0 Å². The monoisotopic (exact) mass is 270 g/mol. The normalized spacial score (nSPS) is 17.4. The summed E-state index contributed by atoms with van der Waals surface area (Å²) in [6.07, 6.45) is 11.2. The Balaban J connectivity index is 2.08. The zero-order valence-electron chi connectivity index (χ0n) is 11.6. The number of nitrogens with one attached hydrogen (secondary N) is 1. The maximum atomic E-state index is 10.8. The van der Waals surface area contributed by atoms with Crippen molar-refractivity contribution in [1.29, 1.82) is 0 Å². The van der Waals surface area contributed by atoms with Crippen LogP contribution in [0.1, 0.15) is 70.6 Å². The van der Waals surface area contributed by atoms with E-state index in [0.29, 0.717) is 12.3 Å².